The smallest absolute Gasteiger partial charge is 0.196 e. The average Bonchev–Trinajstić information content (AvgIpc) is 3.17. The lowest BCUT2D eigenvalue weighted by atomic mass is 9.87. The summed E-state index contributed by atoms with van der Waals surface area (Å²) in [6.45, 7) is 6.57. The summed E-state index contributed by atoms with van der Waals surface area (Å²) in [6.07, 6.45) is 0. The van der Waals surface area contributed by atoms with Crippen molar-refractivity contribution in [2.45, 2.75) is 37.1 Å². The van der Waals surface area contributed by atoms with Crippen LogP contribution in [-0.4, -0.2) is 14.8 Å². The zero-order chi connectivity index (χ0) is 22.0. The summed E-state index contributed by atoms with van der Waals surface area (Å²) >= 11 is 7.62. The number of nitrogens with zero attached hydrogens (tertiary/aromatic N) is 3. The molecule has 0 spiro atoms. The van der Waals surface area contributed by atoms with Crippen LogP contribution < -0.4 is 0 Å². The molecule has 0 aliphatic rings. The van der Waals surface area contributed by atoms with E-state index >= 15 is 0 Å². The maximum absolute atomic E-state index is 14.2. The van der Waals surface area contributed by atoms with E-state index in [1.54, 1.807) is 12.1 Å². The lowest BCUT2D eigenvalue weighted by Crippen LogP contribution is -2.10. The third kappa shape index (κ3) is 4.68. The Morgan fingerprint density at radius 3 is 2.26 bits per heavy atom. The summed E-state index contributed by atoms with van der Waals surface area (Å²) in [4.78, 5) is 0. The van der Waals surface area contributed by atoms with E-state index in [4.69, 9.17) is 11.6 Å². The Morgan fingerprint density at radius 1 is 0.903 bits per heavy atom. The molecule has 158 valence electrons. The van der Waals surface area contributed by atoms with Gasteiger partial charge in [0.05, 0.1) is 0 Å². The Kier molecular flexibility index (Phi) is 6.17. The predicted octanol–water partition coefficient (Wildman–Crippen LogP) is 7.32. The Balaban J connectivity index is 1.73. The largest absolute Gasteiger partial charge is 0.270 e. The second kappa shape index (κ2) is 8.85. The van der Waals surface area contributed by atoms with Crippen molar-refractivity contribution in [1.29, 1.82) is 0 Å². The molecule has 0 aliphatic carbocycles. The van der Waals surface area contributed by atoms with Crippen molar-refractivity contribution in [3.8, 4) is 17.1 Å². The van der Waals surface area contributed by atoms with E-state index < -0.39 is 0 Å². The molecule has 0 aliphatic heterocycles. The van der Waals surface area contributed by atoms with E-state index in [1.165, 1.54) is 23.4 Å². The quantitative estimate of drug-likeness (QED) is 0.298. The number of halogens is 2. The standard InChI is InChI=1S/C25H23ClFN3S/c1-25(2,3)18-14-12-17(13-15-18)23-28-29-24(30(23)19-8-5-4-6-9-19)31-16-20-21(26)10-7-11-22(20)27/h4-15H,16H2,1-3H3. The molecule has 1 aromatic heterocycles. The summed E-state index contributed by atoms with van der Waals surface area (Å²) in [5.74, 6) is 0.789. The molecule has 4 rings (SSSR count). The Morgan fingerprint density at radius 2 is 1.61 bits per heavy atom. The summed E-state index contributed by atoms with van der Waals surface area (Å²) in [6, 6.07) is 23.1. The summed E-state index contributed by atoms with van der Waals surface area (Å²) in [7, 11) is 0. The van der Waals surface area contributed by atoms with Gasteiger partial charge in [-0.05, 0) is 35.2 Å². The molecule has 0 radical (unpaired) electrons. The number of para-hydroxylation sites is 1. The molecule has 0 fully saturated rings. The lowest BCUT2D eigenvalue weighted by molar-refractivity contribution is 0.590. The molecule has 3 nitrogen and oxygen atoms in total. The van der Waals surface area contributed by atoms with Crippen molar-refractivity contribution >= 4 is 23.4 Å². The molecule has 0 unspecified atom stereocenters. The molecule has 0 N–H and O–H groups in total. The Bertz CT molecular complexity index is 1160. The number of thioether (sulfide) groups is 1. The van der Waals surface area contributed by atoms with Crippen molar-refractivity contribution in [1.82, 2.24) is 14.8 Å². The number of hydrogen-bond donors (Lipinski definition) is 0. The van der Waals surface area contributed by atoms with Crippen LogP contribution >= 0.6 is 23.4 Å². The van der Waals surface area contributed by atoms with Gasteiger partial charge >= 0.3 is 0 Å². The minimum atomic E-state index is -0.316. The van der Waals surface area contributed by atoms with Gasteiger partial charge in [0, 0.05) is 27.6 Å². The number of aromatic nitrogens is 3. The molecule has 0 atom stereocenters. The van der Waals surface area contributed by atoms with E-state index in [9.17, 15) is 4.39 Å². The van der Waals surface area contributed by atoms with E-state index in [1.807, 2.05) is 34.9 Å². The van der Waals surface area contributed by atoms with Crippen LogP contribution in [0.25, 0.3) is 17.1 Å². The van der Waals surface area contributed by atoms with Crippen molar-refractivity contribution < 1.29 is 4.39 Å². The maximum atomic E-state index is 14.2. The van der Waals surface area contributed by atoms with Gasteiger partial charge in [-0.1, -0.05) is 92.7 Å². The molecule has 31 heavy (non-hydrogen) atoms. The van der Waals surface area contributed by atoms with Gasteiger partial charge in [-0.3, -0.25) is 4.57 Å². The highest BCUT2D eigenvalue weighted by atomic mass is 35.5. The van der Waals surface area contributed by atoms with E-state index in [0.717, 1.165) is 17.1 Å². The van der Waals surface area contributed by atoms with E-state index in [-0.39, 0.29) is 11.2 Å². The van der Waals surface area contributed by atoms with Gasteiger partial charge in [-0.15, -0.1) is 10.2 Å². The first-order valence-electron chi connectivity index (χ1n) is 10.0. The first kappa shape index (κ1) is 21.6. The van der Waals surface area contributed by atoms with E-state index in [0.29, 0.717) is 21.5 Å². The van der Waals surface area contributed by atoms with Gasteiger partial charge < -0.3 is 0 Å². The van der Waals surface area contributed by atoms with Gasteiger partial charge in [-0.25, -0.2) is 4.39 Å². The molecule has 0 saturated carbocycles. The van der Waals surface area contributed by atoms with Gasteiger partial charge in [0.2, 0.25) is 0 Å². The molecular weight excluding hydrogens is 429 g/mol. The Labute approximate surface area is 191 Å². The average molecular weight is 452 g/mol. The van der Waals surface area contributed by atoms with Crippen LogP contribution in [0.15, 0.2) is 78.0 Å². The van der Waals surface area contributed by atoms with Crippen LogP contribution in [0, 0.1) is 5.82 Å². The van der Waals surface area contributed by atoms with Crippen molar-refractivity contribution in [3.05, 3.63) is 94.8 Å². The van der Waals surface area contributed by atoms with Crippen molar-refractivity contribution in [3.63, 3.8) is 0 Å². The van der Waals surface area contributed by atoms with Crippen LogP contribution in [0.3, 0.4) is 0 Å². The minimum Gasteiger partial charge on any atom is -0.270 e. The topological polar surface area (TPSA) is 30.7 Å². The normalized spacial score (nSPS) is 11.6. The summed E-state index contributed by atoms with van der Waals surface area (Å²) < 4.78 is 16.2. The van der Waals surface area contributed by atoms with Crippen LogP contribution in [0.4, 0.5) is 4.39 Å². The fraction of sp³-hybridized carbons (Fsp3) is 0.200. The SMILES string of the molecule is CC(C)(C)c1ccc(-c2nnc(SCc3c(F)cccc3Cl)n2-c2ccccc2)cc1. The molecule has 1 heterocycles. The zero-order valence-electron chi connectivity index (χ0n) is 17.6. The van der Waals surface area contributed by atoms with Gasteiger partial charge in [0.25, 0.3) is 0 Å². The van der Waals surface area contributed by atoms with Crippen molar-refractivity contribution in [2.24, 2.45) is 0 Å². The van der Waals surface area contributed by atoms with Crippen LogP contribution in [0.5, 0.6) is 0 Å². The highest BCUT2D eigenvalue weighted by Crippen LogP contribution is 2.33. The number of rotatable bonds is 5. The molecule has 0 bridgehead atoms. The van der Waals surface area contributed by atoms with Gasteiger partial charge in [0.15, 0.2) is 11.0 Å². The molecule has 0 saturated heterocycles. The monoisotopic (exact) mass is 451 g/mol. The third-order valence-corrected chi connectivity index (χ3v) is 6.37. The predicted molar refractivity (Wildman–Crippen MR) is 126 cm³/mol. The van der Waals surface area contributed by atoms with Crippen LogP contribution in [0.2, 0.25) is 5.02 Å². The summed E-state index contributed by atoms with van der Waals surface area (Å²) in [5.41, 5.74) is 3.72. The second-order valence-corrected chi connectivity index (χ2v) is 9.64. The molecule has 3 aromatic carbocycles. The van der Waals surface area contributed by atoms with Gasteiger partial charge in [-0.2, -0.15) is 0 Å². The first-order valence-corrected chi connectivity index (χ1v) is 11.4. The Hall–Kier alpha value is -2.63. The van der Waals surface area contributed by atoms with Crippen molar-refractivity contribution in [2.75, 3.05) is 0 Å². The second-order valence-electron chi connectivity index (χ2n) is 8.29. The van der Waals surface area contributed by atoms with E-state index in [2.05, 4.69) is 55.2 Å². The third-order valence-electron chi connectivity index (χ3n) is 5.06. The lowest BCUT2D eigenvalue weighted by Gasteiger charge is -2.19. The number of hydrogen-bond acceptors (Lipinski definition) is 3. The van der Waals surface area contributed by atoms with Gasteiger partial charge in [0.1, 0.15) is 5.82 Å². The van der Waals surface area contributed by atoms with Crippen LogP contribution in [-0.2, 0) is 11.2 Å². The fourth-order valence-electron chi connectivity index (χ4n) is 3.29. The zero-order valence-corrected chi connectivity index (χ0v) is 19.2. The number of benzene rings is 3. The highest BCUT2D eigenvalue weighted by molar-refractivity contribution is 7.98. The van der Waals surface area contributed by atoms with Crippen LogP contribution in [0.1, 0.15) is 31.9 Å². The molecule has 4 aromatic rings. The molecule has 0 amide bonds. The first-order chi connectivity index (χ1) is 14.8. The molecular formula is C25H23ClFN3S. The minimum absolute atomic E-state index is 0.0751. The summed E-state index contributed by atoms with van der Waals surface area (Å²) in [5, 5.41) is 10.00. The molecule has 6 heteroatoms. The fourth-order valence-corrected chi connectivity index (χ4v) is 4.58. The highest BCUT2D eigenvalue weighted by Gasteiger charge is 2.19. The maximum Gasteiger partial charge on any atom is 0.196 e.